The second-order valence-electron chi connectivity index (χ2n) is 4.14. The Balaban J connectivity index is 0. The van der Waals surface area contributed by atoms with Crippen molar-refractivity contribution in [2.45, 2.75) is 18.4 Å². The Bertz CT molecular complexity index is 356. The number of aliphatic hydroxyl groups is 1. The van der Waals surface area contributed by atoms with Crippen molar-refractivity contribution >= 4 is 27.0 Å². The molecule has 12 heteroatoms. The monoisotopic (exact) mass is 350 g/mol. The van der Waals surface area contributed by atoms with Crippen molar-refractivity contribution in [1.82, 2.24) is 0 Å². The third-order valence-corrected chi connectivity index (χ3v) is 8.30. The summed E-state index contributed by atoms with van der Waals surface area (Å²) in [5.74, 6) is -0.495. The summed E-state index contributed by atoms with van der Waals surface area (Å²) in [7, 11) is -11.3. The van der Waals surface area contributed by atoms with Gasteiger partial charge in [0.05, 0.1) is 0 Å². The van der Waals surface area contributed by atoms with Crippen molar-refractivity contribution in [3.63, 3.8) is 0 Å². The van der Waals surface area contributed by atoms with Gasteiger partial charge in [0.2, 0.25) is 0 Å². The van der Waals surface area contributed by atoms with Gasteiger partial charge >= 0.3 is 59.1 Å². The van der Waals surface area contributed by atoms with E-state index in [4.69, 9.17) is 9.79 Å². The minimum Gasteiger partial charge on any atom is -0.776 e. The normalized spacial score (nSPS) is 29.9. The zero-order valence-electron chi connectivity index (χ0n) is 11.1. The van der Waals surface area contributed by atoms with Crippen molar-refractivity contribution < 1.29 is 92.9 Å². The van der Waals surface area contributed by atoms with Crippen LogP contribution < -0.4 is 68.9 Å². The Morgan fingerprint density at radius 2 is 1.68 bits per heavy atom. The molecule has 0 radical (unpaired) electrons. The number of hydrogen-bond donors (Lipinski definition) is 3. The van der Waals surface area contributed by atoms with Crippen molar-refractivity contribution in [3.05, 3.63) is 0 Å². The van der Waals surface area contributed by atoms with Gasteiger partial charge in [0.1, 0.15) is 0 Å². The molecule has 1 rings (SSSR count). The molecule has 4 atom stereocenters. The molecule has 1 saturated heterocycles. The van der Waals surface area contributed by atoms with Crippen molar-refractivity contribution in [1.29, 1.82) is 0 Å². The molecule has 0 aromatic heterocycles. The molecule has 0 aromatic carbocycles. The van der Waals surface area contributed by atoms with E-state index >= 15 is 0 Å². The fourth-order valence-corrected chi connectivity index (χ4v) is 6.06. The van der Waals surface area contributed by atoms with Crippen LogP contribution in [0.15, 0.2) is 0 Å². The molecule has 0 bridgehead atoms. The summed E-state index contributed by atoms with van der Waals surface area (Å²) >= 11 is 1.49. The van der Waals surface area contributed by atoms with Gasteiger partial charge in [0.25, 0.3) is 0 Å². The quantitative estimate of drug-likeness (QED) is 0.336. The van der Waals surface area contributed by atoms with Gasteiger partial charge in [0.15, 0.2) is 20.3 Å². The zero-order chi connectivity index (χ0) is 13.5. The summed E-state index contributed by atoms with van der Waals surface area (Å²) in [4.78, 5) is 40.0. The SMILES string of the molecule is CC(C1CCSC1)C(O)(P(=O)([O-])O)P(=O)([O-])O.[Na+].[Na+]. The van der Waals surface area contributed by atoms with Gasteiger partial charge in [-0.05, 0) is 23.8 Å². The van der Waals surface area contributed by atoms with Crippen LogP contribution in [0.2, 0.25) is 0 Å². The van der Waals surface area contributed by atoms with Gasteiger partial charge in [-0.1, -0.05) is 6.92 Å². The molecule has 7 nitrogen and oxygen atoms in total. The third-order valence-electron chi connectivity index (χ3n) is 3.11. The van der Waals surface area contributed by atoms with Crippen LogP contribution in [0.3, 0.4) is 0 Å². The minimum atomic E-state index is -5.65. The molecular formula is C7H14Na2O7P2S. The van der Waals surface area contributed by atoms with Crippen LogP contribution in [0.25, 0.3) is 0 Å². The van der Waals surface area contributed by atoms with Crippen LogP contribution >= 0.6 is 27.0 Å². The Morgan fingerprint density at radius 3 is 1.95 bits per heavy atom. The molecule has 1 aliphatic rings. The van der Waals surface area contributed by atoms with E-state index in [1.165, 1.54) is 18.7 Å². The van der Waals surface area contributed by atoms with Crippen molar-refractivity contribution in [2.24, 2.45) is 11.8 Å². The Kier molecular flexibility index (Phi) is 10.6. The van der Waals surface area contributed by atoms with E-state index in [-0.39, 0.29) is 59.1 Å². The summed E-state index contributed by atoms with van der Waals surface area (Å²) in [5, 5.41) is 6.25. The molecule has 0 amide bonds. The minimum absolute atomic E-state index is 0. The van der Waals surface area contributed by atoms with E-state index in [1.807, 2.05) is 0 Å². The third kappa shape index (κ3) is 5.05. The van der Waals surface area contributed by atoms with Crippen LogP contribution in [0.5, 0.6) is 0 Å². The van der Waals surface area contributed by atoms with Crippen LogP contribution in [-0.4, -0.2) is 31.5 Å². The fourth-order valence-electron chi connectivity index (χ4n) is 1.94. The van der Waals surface area contributed by atoms with Crippen LogP contribution in [0, 0.1) is 11.8 Å². The molecule has 1 heterocycles. The largest absolute Gasteiger partial charge is 1.00 e. The first-order chi connectivity index (χ1) is 7.52. The fraction of sp³-hybridized carbons (Fsp3) is 1.00. The maximum absolute atomic E-state index is 11.1. The Hall–Kier alpha value is 2.61. The average Bonchev–Trinajstić information content (AvgIpc) is 2.64. The standard InChI is InChI=1S/C7H16O7P2S.2Na/c1-5(6-2-3-17-4-6)7(8,15(9,10)11)16(12,13)14;;/h5-6,8H,2-4H2,1H3,(H2,9,10,11)(H2,12,13,14);;/q;2*+1/p-2. The summed E-state index contributed by atoms with van der Waals surface area (Å²) < 4.78 is 22.2. The summed E-state index contributed by atoms with van der Waals surface area (Å²) in [6, 6.07) is 0. The van der Waals surface area contributed by atoms with E-state index in [1.54, 1.807) is 0 Å². The van der Waals surface area contributed by atoms with E-state index in [0.717, 1.165) is 0 Å². The molecule has 4 unspecified atom stereocenters. The Labute approximate surface area is 160 Å². The molecule has 19 heavy (non-hydrogen) atoms. The second-order valence-corrected chi connectivity index (χ2v) is 9.09. The maximum Gasteiger partial charge on any atom is 1.00 e. The summed E-state index contributed by atoms with van der Waals surface area (Å²) in [6.07, 6.45) is 0.522. The van der Waals surface area contributed by atoms with Gasteiger partial charge in [-0.3, -0.25) is 0 Å². The van der Waals surface area contributed by atoms with E-state index in [0.29, 0.717) is 17.9 Å². The molecular weight excluding hydrogens is 336 g/mol. The predicted octanol–water partition coefficient (Wildman–Crippen LogP) is -6.88. The molecule has 0 aromatic rings. The molecule has 1 aliphatic heterocycles. The second kappa shape index (κ2) is 8.46. The van der Waals surface area contributed by atoms with Crippen LogP contribution in [0.4, 0.5) is 0 Å². The molecule has 1 fully saturated rings. The summed E-state index contributed by atoms with van der Waals surface area (Å²) in [6.45, 7) is 1.19. The van der Waals surface area contributed by atoms with E-state index in [2.05, 4.69) is 0 Å². The smallest absolute Gasteiger partial charge is 0.776 e. The molecule has 0 aliphatic carbocycles. The molecule has 102 valence electrons. The molecule has 3 N–H and O–H groups in total. The maximum atomic E-state index is 11.1. The van der Waals surface area contributed by atoms with E-state index < -0.39 is 32.1 Å². The number of rotatable bonds is 4. The van der Waals surface area contributed by atoms with Crippen molar-refractivity contribution in [2.75, 3.05) is 11.5 Å². The first-order valence-corrected chi connectivity index (χ1v) is 9.20. The molecule has 0 saturated carbocycles. The van der Waals surface area contributed by atoms with Gasteiger partial charge < -0.3 is 33.8 Å². The number of thioether (sulfide) groups is 1. The van der Waals surface area contributed by atoms with Crippen LogP contribution in [0.1, 0.15) is 13.3 Å². The zero-order valence-corrected chi connectivity index (χ0v) is 17.7. The van der Waals surface area contributed by atoms with Crippen molar-refractivity contribution in [3.8, 4) is 0 Å². The average molecular weight is 350 g/mol. The predicted molar refractivity (Wildman–Crippen MR) is 59.2 cm³/mol. The topological polar surface area (TPSA) is 141 Å². The first kappa shape index (κ1) is 23.9. The summed E-state index contributed by atoms with van der Waals surface area (Å²) in [5.41, 5.74) is 0. The molecule has 0 spiro atoms. The van der Waals surface area contributed by atoms with Gasteiger partial charge in [-0.15, -0.1) is 0 Å². The van der Waals surface area contributed by atoms with Crippen LogP contribution in [-0.2, 0) is 9.13 Å². The van der Waals surface area contributed by atoms with Gasteiger partial charge in [0, 0.05) is 5.92 Å². The van der Waals surface area contributed by atoms with E-state index in [9.17, 15) is 24.0 Å². The van der Waals surface area contributed by atoms with Gasteiger partial charge in [-0.2, -0.15) is 11.8 Å². The van der Waals surface area contributed by atoms with Gasteiger partial charge in [-0.25, -0.2) is 0 Å². The number of hydrogen-bond acceptors (Lipinski definition) is 6. The first-order valence-electron chi connectivity index (χ1n) is 4.89. The Morgan fingerprint density at radius 1 is 1.26 bits per heavy atom.